The average Bonchev–Trinajstić information content (AvgIpc) is 2.92. The van der Waals surface area contributed by atoms with E-state index in [9.17, 15) is 29.2 Å². The van der Waals surface area contributed by atoms with Gasteiger partial charge in [-0.3, -0.25) is 19.5 Å². The number of quaternary nitrogens is 1. The van der Waals surface area contributed by atoms with Gasteiger partial charge >= 0.3 is 12.1 Å². The highest BCUT2D eigenvalue weighted by Crippen LogP contribution is 2.38. The molecular formula is C28H47N2O12P. The van der Waals surface area contributed by atoms with Gasteiger partial charge in [0.15, 0.2) is 0 Å². The van der Waals surface area contributed by atoms with Crippen LogP contribution in [0.15, 0.2) is 24.3 Å². The van der Waals surface area contributed by atoms with E-state index in [1.807, 2.05) is 21.1 Å². The average molecular weight is 635 g/mol. The lowest BCUT2D eigenvalue weighted by Crippen LogP contribution is -2.37. The van der Waals surface area contributed by atoms with Gasteiger partial charge in [-0.1, -0.05) is 51.9 Å². The van der Waals surface area contributed by atoms with Gasteiger partial charge < -0.3 is 37.4 Å². The summed E-state index contributed by atoms with van der Waals surface area (Å²) >= 11 is 0. The third kappa shape index (κ3) is 20.9. The number of likely N-dealkylation sites (N-methyl/N-ethyl adjacent to an activating group) is 1. The zero-order valence-corrected chi connectivity index (χ0v) is 26.6. The minimum Gasteiger partial charge on any atom is -0.756 e. The Hall–Kier alpha value is -2.61. The number of unbranched alkanes of at least 4 members (excludes halogenated alkanes) is 7. The van der Waals surface area contributed by atoms with Crippen LogP contribution in [0.5, 0.6) is 5.75 Å². The van der Waals surface area contributed by atoms with Crippen LogP contribution in [0.3, 0.4) is 0 Å². The lowest BCUT2D eigenvalue weighted by Gasteiger charge is -2.28. The highest BCUT2D eigenvalue weighted by atomic mass is 31.2. The Labute approximate surface area is 253 Å². The van der Waals surface area contributed by atoms with Crippen molar-refractivity contribution in [3.8, 4) is 5.75 Å². The van der Waals surface area contributed by atoms with Crippen LogP contribution in [-0.4, -0.2) is 88.4 Å². The summed E-state index contributed by atoms with van der Waals surface area (Å²) in [5.74, 6) is -0.756. The Balaban J connectivity index is 2.49. The highest BCUT2D eigenvalue weighted by Gasteiger charge is 2.21. The first-order chi connectivity index (χ1) is 20.3. The van der Waals surface area contributed by atoms with E-state index in [4.69, 9.17) is 28.0 Å². The topological polar surface area (TPSA) is 173 Å². The normalized spacial score (nSPS) is 13.6. The molecule has 2 atom stereocenters. The predicted octanol–water partition coefficient (Wildman–Crippen LogP) is 4.78. The third-order valence-corrected chi connectivity index (χ3v) is 6.91. The van der Waals surface area contributed by atoms with Gasteiger partial charge in [-0.2, -0.15) is 0 Å². The molecule has 0 fully saturated rings. The molecule has 1 aromatic rings. The van der Waals surface area contributed by atoms with Gasteiger partial charge in [-0.05, 0) is 18.6 Å². The summed E-state index contributed by atoms with van der Waals surface area (Å²) in [6, 6.07) is 4.78. The van der Waals surface area contributed by atoms with Gasteiger partial charge in [-0.25, -0.2) is 4.79 Å². The molecule has 1 aromatic carbocycles. The fourth-order valence-electron chi connectivity index (χ4n) is 3.53. The third-order valence-electron chi connectivity index (χ3n) is 5.95. The molecule has 0 radical (unpaired) electrons. The second kappa shape index (κ2) is 21.2. The molecule has 0 bridgehead atoms. The molecule has 0 aliphatic carbocycles. The molecule has 14 nitrogen and oxygen atoms in total. The number of benzene rings is 1. The van der Waals surface area contributed by atoms with Crippen molar-refractivity contribution in [2.75, 3.05) is 60.7 Å². The van der Waals surface area contributed by atoms with Crippen molar-refractivity contribution < 1.29 is 56.4 Å². The fraction of sp³-hybridized carbons (Fsp3) is 0.714. The van der Waals surface area contributed by atoms with E-state index in [2.05, 4.69) is 6.92 Å². The van der Waals surface area contributed by atoms with Gasteiger partial charge in [0, 0.05) is 18.7 Å². The molecule has 1 rings (SSSR count). The standard InChI is InChI=1S/C28H47N2O12P/c1-5-6-7-8-9-10-11-12-19-37-22-26(23-40-43(35,36)39-21-18-30(2,3)4)41-27(31)17-20-38-28(32)42-25-15-13-24(14-16-25)29(33)34/h13-16,26H,5-12,17-23H2,1-4H3/t26-/m1/s1. The number of ether oxygens (including phenoxy) is 4. The maximum Gasteiger partial charge on any atom is 0.513 e. The number of rotatable bonds is 24. The Morgan fingerprint density at radius 2 is 1.53 bits per heavy atom. The van der Waals surface area contributed by atoms with Crippen LogP contribution >= 0.6 is 7.82 Å². The van der Waals surface area contributed by atoms with Crippen LogP contribution in [0.1, 0.15) is 64.7 Å². The number of phosphoric ester groups is 1. The zero-order chi connectivity index (χ0) is 32.1. The van der Waals surface area contributed by atoms with E-state index >= 15 is 0 Å². The first-order valence-corrected chi connectivity index (χ1v) is 16.0. The summed E-state index contributed by atoms with van der Waals surface area (Å²) < 4.78 is 43.2. The number of phosphoric acid groups is 1. The molecular weight excluding hydrogens is 587 g/mol. The van der Waals surface area contributed by atoms with Gasteiger partial charge in [-0.15, -0.1) is 0 Å². The first-order valence-electron chi connectivity index (χ1n) is 14.6. The lowest BCUT2D eigenvalue weighted by molar-refractivity contribution is -0.870. The number of esters is 1. The summed E-state index contributed by atoms with van der Waals surface area (Å²) in [5, 5.41) is 10.7. The number of nitro benzene ring substituents is 1. The molecule has 0 N–H and O–H groups in total. The van der Waals surface area contributed by atoms with Crippen LogP contribution in [0.2, 0.25) is 0 Å². The number of nitrogens with zero attached hydrogens (tertiary/aromatic N) is 2. The summed E-state index contributed by atoms with van der Waals surface area (Å²) in [6.07, 6.45) is 6.49. The second-order valence-corrected chi connectivity index (χ2v) is 12.4. The molecule has 0 spiro atoms. The summed E-state index contributed by atoms with van der Waals surface area (Å²) in [7, 11) is 1.01. The molecule has 0 saturated heterocycles. The number of nitro groups is 1. The van der Waals surface area contributed by atoms with E-state index in [-0.39, 0.29) is 37.7 Å². The van der Waals surface area contributed by atoms with Crippen LogP contribution < -0.4 is 9.63 Å². The first kappa shape index (κ1) is 38.4. The Morgan fingerprint density at radius 3 is 2.14 bits per heavy atom. The Kier molecular flexibility index (Phi) is 18.9. The number of carbonyl (C=O) groups is 2. The Morgan fingerprint density at radius 1 is 0.907 bits per heavy atom. The van der Waals surface area contributed by atoms with Crippen LogP contribution in [0.4, 0.5) is 10.5 Å². The van der Waals surface area contributed by atoms with E-state index < -0.39 is 37.6 Å². The van der Waals surface area contributed by atoms with Gasteiger partial charge in [0.1, 0.15) is 31.6 Å². The van der Waals surface area contributed by atoms with Crippen molar-refractivity contribution in [1.82, 2.24) is 0 Å². The Bertz CT molecular complexity index is 1000. The quantitative estimate of drug-likeness (QED) is 0.0290. The van der Waals surface area contributed by atoms with Crippen LogP contribution in [0, 0.1) is 10.1 Å². The molecule has 0 heterocycles. The fourth-order valence-corrected chi connectivity index (χ4v) is 4.26. The van der Waals surface area contributed by atoms with Crippen molar-refractivity contribution in [1.29, 1.82) is 0 Å². The summed E-state index contributed by atoms with van der Waals surface area (Å²) in [5.41, 5.74) is -0.173. The molecule has 43 heavy (non-hydrogen) atoms. The molecule has 15 heteroatoms. The largest absolute Gasteiger partial charge is 0.756 e. The number of hydrogen-bond acceptors (Lipinski definition) is 12. The monoisotopic (exact) mass is 634 g/mol. The summed E-state index contributed by atoms with van der Waals surface area (Å²) in [4.78, 5) is 46.5. The molecule has 1 unspecified atom stereocenters. The SMILES string of the molecule is CCCCCCCCCCOC[C@H](COP(=O)([O-])OCC[N+](C)(C)C)OC(=O)CCOC(=O)Oc1ccc([N+](=O)[O-])cc1. The minimum absolute atomic E-state index is 0.0229. The number of hydrogen-bond donors (Lipinski definition) is 0. The van der Waals surface area contributed by atoms with Crippen LogP contribution in [0.25, 0.3) is 0 Å². The van der Waals surface area contributed by atoms with Crippen molar-refractivity contribution in [3.05, 3.63) is 34.4 Å². The van der Waals surface area contributed by atoms with Gasteiger partial charge in [0.05, 0.1) is 45.7 Å². The van der Waals surface area contributed by atoms with Crippen molar-refractivity contribution in [2.45, 2.75) is 70.8 Å². The van der Waals surface area contributed by atoms with E-state index in [0.29, 0.717) is 17.6 Å². The van der Waals surface area contributed by atoms with Crippen molar-refractivity contribution in [3.63, 3.8) is 0 Å². The maximum atomic E-state index is 12.4. The molecule has 0 aliphatic rings. The van der Waals surface area contributed by atoms with Crippen molar-refractivity contribution >= 4 is 25.6 Å². The smallest absolute Gasteiger partial charge is 0.513 e. The number of non-ortho nitro benzene ring substituents is 1. The van der Waals surface area contributed by atoms with Gasteiger partial charge in [0.25, 0.3) is 13.5 Å². The molecule has 0 amide bonds. The molecule has 0 saturated carbocycles. The molecule has 0 aromatic heterocycles. The highest BCUT2D eigenvalue weighted by molar-refractivity contribution is 7.45. The predicted molar refractivity (Wildman–Crippen MR) is 155 cm³/mol. The zero-order valence-electron chi connectivity index (χ0n) is 25.7. The second-order valence-electron chi connectivity index (χ2n) is 11.0. The van der Waals surface area contributed by atoms with E-state index in [1.165, 1.54) is 44.2 Å². The summed E-state index contributed by atoms with van der Waals surface area (Å²) in [6.45, 7) is 1.97. The maximum absolute atomic E-state index is 12.4. The number of carbonyl (C=O) groups excluding carboxylic acids is 2. The van der Waals surface area contributed by atoms with Crippen LogP contribution in [-0.2, 0) is 32.6 Å². The minimum atomic E-state index is -4.65. The molecule has 246 valence electrons. The van der Waals surface area contributed by atoms with E-state index in [1.54, 1.807) is 0 Å². The van der Waals surface area contributed by atoms with Gasteiger partial charge in [0.2, 0.25) is 0 Å². The van der Waals surface area contributed by atoms with E-state index in [0.717, 1.165) is 31.4 Å². The molecule has 0 aliphatic heterocycles. The lowest BCUT2D eigenvalue weighted by atomic mass is 10.1. The van der Waals surface area contributed by atoms with Crippen molar-refractivity contribution in [2.24, 2.45) is 0 Å².